The molecule has 2 heterocycles. The Balaban J connectivity index is 1.90. The van der Waals surface area contributed by atoms with Crippen LogP contribution in [0.15, 0.2) is 12.1 Å². The van der Waals surface area contributed by atoms with Crippen molar-refractivity contribution in [2.45, 2.75) is 19.9 Å². The lowest BCUT2D eigenvalue weighted by atomic mass is 9.96. The van der Waals surface area contributed by atoms with Crippen LogP contribution in [0.3, 0.4) is 0 Å². The molecule has 0 saturated carbocycles. The zero-order chi connectivity index (χ0) is 16.4. The van der Waals surface area contributed by atoms with E-state index in [0.717, 1.165) is 44.0 Å². The first-order valence-electron chi connectivity index (χ1n) is 8.28. The van der Waals surface area contributed by atoms with Crippen molar-refractivity contribution < 1.29 is 14.6 Å². The number of methoxy groups -OCH3 is 1. The first-order valence-corrected chi connectivity index (χ1v) is 8.28. The molecule has 1 amide bonds. The molecular weight excluding hydrogens is 294 g/mol. The van der Waals surface area contributed by atoms with E-state index in [4.69, 9.17) is 4.74 Å². The molecule has 0 unspecified atom stereocenters. The number of piperazine rings is 1. The monoisotopic (exact) mass is 319 g/mol. The normalized spacial score (nSPS) is 18.7. The van der Waals surface area contributed by atoms with Gasteiger partial charge in [-0.1, -0.05) is 6.92 Å². The Hall–Kier alpha value is -1.95. The molecule has 1 saturated heterocycles. The van der Waals surface area contributed by atoms with Gasteiger partial charge in [0, 0.05) is 49.5 Å². The van der Waals surface area contributed by atoms with Gasteiger partial charge in [0.15, 0.2) is 0 Å². The number of fused-ring (bicyclic) bond motifs is 1. The molecule has 1 N–H and O–H groups in total. The smallest absolute Gasteiger partial charge is 0.407 e. The lowest BCUT2D eigenvalue weighted by molar-refractivity contribution is 0.139. The van der Waals surface area contributed by atoms with Crippen LogP contribution in [-0.2, 0) is 13.0 Å². The summed E-state index contributed by atoms with van der Waals surface area (Å²) in [5.41, 5.74) is 3.45. The lowest BCUT2D eigenvalue weighted by Crippen LogP contribution is -2.47. The Labute approximate surface area is 137 Å². The van der Waals surface area contributed by atoms with E-state index in [-0.39, 0.29) is 0 Å². The predicted octanol–water partition coefficient (Wildman–Crippen LogP) is 1.87. The number of rotatable bonds is 3. The minimum atomic E-state index is -0.847. The fraction of sp³-hybridized carbons (Fsp3) is 0.588. The van der Waals surface area contributed by atoms with Gasteiger partial charge >= 0.3 is 6.09 Å². The Morgan fingerprint density at radius 3 is 2.52 bits per heavy atom. The van der Waals surface area contributed by atoms with Crippen LogP contribution in [0.1, 0.15) is 18.1 Å². The molecule has 3 rings (SSSR count). The second-order valence-electron chi connectivity index (χ2n) is 6.12. The van der Waals surface area contributed by atoms with Gasteiger partial charge < -0.3 is 24.5 Å². The van der Waals surface area contributed by atoms with Crippen molar-refractivity contribution in [2.75, 3.05) is 51.3 Å². The number of likely N-dealkylation sites (N-methyl/N-ethyl adjacent to an activating group) is 1. The quantitative estimate of drug-likeness (QED) is 0.922. The average molecular weight is 319 g/mol. The Morgan fingerprint density at radius 1 is 1.17 bits per heavy atom. The van der Waals surface area contributed by atoms with Crippen molar-refractivity contribution in [3.63, 3.8) is 0 Å². The van der Waals surface area contributed by atoms with Gasteiger partial charge in [0.2, 0.25) is 0 Å². The second kappa shape index (κ2) is 6.66. The number of hydrogen-bond donors (Lipinski definition) is 1. The molecule has 23 heavy (non-hydrogen) atoms. The number of nitrogens with zero attached hydrogens (tertiary/aromatic N) is 3. The van der Waals surface area contributed by atoms with E-state index in [9.17, 15) is 9.90 Å². The number of carbonyl (C=O) groups is 1. The molecule has 6 heteroatoms. The summed E-state index contributed by atoms with van der Waals surface area (Å²) in [4.78, 5) is 17.7. The zero-order valence-corrected chi connectivity index (χ0v) is 13.9. The third kappa shape index (κ3) is 3.08. The molecule has 0 radical (unpaired) electrons. The van der Waals surface area contributed by atoms with E-state index in [1.165, 1.54) is 16.2 Å². The van der Waals surface area contributed by atoms with Crippen LogP contribution in [0, 0.1) is 0 Å². The van der Waals surface area contributed by atoms with Crippen molar-refractivity contribution in [3.05, 3.63) is 23.3 Å². The first kappa shape index (κ1) is 15.9. The minimum absolute atomic E-state index is 0.450. The molecule has 2 aliphatic heterocycles. The summed E-state index contributed by atoms with van der Waals surface area (Å²) in [6.07, 6.45) is -0.131. The number of hydrogen-bond acceptors (Lipinski definition) is 4. The van der Waals surface area contributed by atoms with Crippen LogP contribution in [0.4, 0.5) is 10.5 Å². The van der Waals surface area contributed by atoms with Crippen LogP contribution in [0.2, 0.25) is 0 Å². The van der Waals surface area contributed by atoms with E-state index in [1.54, 1.807) is 7.11 Å². The molecule has 0 aliphatic carbocycles. The van der Waals surface area contributed by atoms with Crippen molar-refractivity contribution >= 4 is 11.8 Å². The van der Waals surface area contributed by atoms with E-state index < -0.39 is 6.09 Å². The average Bonchev–Trinajstić information content (AvgIpc) is 2.60. The number of amides is 1. The number of carboxylic acid groups (broad SMARTS) is 1. The standard InChI is InChI=1S/C17H25N3O3/c1-3-18-8-10-19(11-9-18)15-4-5-16(23-2)13-6-7-20(17(21)22)12-14(13)15/h4-5H,3,6-12H2,1-2H3,(H,21,22). The highest BCUT2D eigenvalue weighted by Crippen LogP contribution is 2.35. The van der Waals surface area contributed by atoms with Gasteiger partial charge in [-0.3, -0.25) is 0 Å². The van der Waals surface area contributed by atoms with Crippen LogP contribution >= 0.6 is 0 Å². The maximum Gasteiger partial charge on any atom is 0.407 e. The second-order valence-corrected chi connectivity index (χ2v) is 6.12. The molecule has 1 aromatic rings. The Morgan fingerprint density at radius 2 is 1.91 bits per heavy atom. The summed E-state index contributed by atoms with van der Waals surface area (Å²) in [5, 5.41) is 9.33. The SMILES string of the molecule is CCN1CCN(c2ccc(OC)c3c2CN(C(=O)O)CC3)CC1. The first-order chi connectivity index (χ1) is 11.1. The molecule has 0 spiro atoms. The minimum Gasteiger partial charge on any atom is -0.496 e. The maximum atomic E-state index is 11.4. The number of anilines is 1. The summed E-state index contributed by atoms with van der Waals surface area (Å²) in [5.74, 6) is 0.876. The molecule has 0 atom stereocenters. The predicted molar refractivity (Wildman–Crippen MR) is 89.5 cm³/mol. The van der Waals surface area contributed by atoms with Crippen molar-refractivity contribution in [2.24, 2.45) is 0 Å². The summed E-state index contributed by atoms with van der Waals surface area (Å²) < 4.78 is 5.49. The highest BCUT2D eigenvalue weighted by molar-refractivity contribution is 5.68. The fourth-order valence-electron chi connectivity index (χ4n) is 3.58. The third-order valence-electron chi connectivity index (χ3n) is 4.99. The summed E-state index contributed by atoms with van der Waals surface area (Å²) in [7, 11) is 1.68. The maximum absolute atomic E-state index is 11.4. The molecular formula is C17H25N3O3. The molecule has 0 bridgehead atoms. The third-order valence-corrected chi connectivity index (χ3v) is 4.99. The van der Waals surface area contributed by atoms with Gasteiger partial charge in [-0.25, -0.2) is 4.79 Å². The van der Waals surface area contributed by atoms with Crippen molar-refractivity contribution in [1.29, 1.82) is 0 Å². The molecule has 2 aliphatic rings. The van der Waals surface area contributed by atoms with Crippen LogP contribution in [-0.4, -0.2) is 67.4 Å². The van der Waals surface area contributed by atoms with Crippen LogP contribution in [0.5, 0.6) is 5.75 Å². The lowest BCUT2D eigenvalue weighted by Gasteiger charge is -2.38. The topological polar surface area (TPSA) is 56.2 Å². The molecule has 1 fully saturated rings. The highest BCUT2D eigenvalue weighted by atomic mass is 16.5. The summed E-state index contributed by atoms with van der Waals surface area (Å²) >= 11 is 0. The summed E-state index contributed by atoms with van der Waals surface area (Å²) in [6, 6.07) is 4.11. The largest absolute Gasteiger partial charge is 0.496 e. The van der Waals surface area contributed by atoms with Crippen molar-refractivity contribution in [3.8, 4) is 5.75 Å². The van der Waals surface area contributed by atoms with Gasteiger partial charge in [-0.2, -0.15) is 0 Å². The number of ether oxygens (including phenoxy) is 1. The highest BCUT2D eigenvalue weighted by Gasteiger charge is 2.27. The molecule has 126 valence electrons. The van der Waals surface area contributed by atoms with E-state index in [0.29, 0.717) is 19.5 Å². The van der Waals surface area contributed by atoms with Gasteiger partial charge in [0.25, 0.3) is 0 Å². The van der Waals surface area contributed by atoms with E-state index in [1.807, 2.05) is 6.07 Å². The van der Waals surface area contributed by atoms with Crippen molar-refractivity contribution in [1.82, 2.24) is 9.80 Å². The summed E-state index contributed by atoms with van der Waals surface area (Å²) in [6.45, 7) is 8.34. The zero-order valence-electron chi connectivity index (χ0n) is 13.9. The fourth-order valence-corrected chi connectivity index (χ4v) is 3.58. The van der Waals surface area contributed by atoms with Crippen LogP contribution in [0.25, 0.3) is 0 Å². The Bertz CT molecular complexity index is 583. The van der Waals surface area contributed by atoms with E-state index in [2.05, 4.69) is 22.8 Å². The molecule has 6 nitrogen and oxygen atoms in total. The Kier molecular flexibility index (Phi) is 4.61. The molecule has 0 aromatic heterocycles. The molecule has 1 aromatic carbocycles. The van der Waals surface area contributed by atoms with Crippen LogP contribution < -0.4 is 9.64 Å². The van der Waals surface area contributed by atoms with Gasteiger partial charge in [0.05, 0.1) is 13.7 Å². The van der Waals surface area contributed by atoms with Gasteiger partial charge in [-0.15, -0.1) is 0 Å². The van der Waals surface area contributed by atoms with E-state index >= 15 is 0 Å². The van der Waals surface area contributed by atoms with Gasteiger partial charge in [0.1, 0.15) is 5.75 Å². The van der Waals surface area contributed by atoms with Gasteiger partial charge in [-0.05, 0) is 25.1 Å². The number of benzene rings is 1.